The van der Waals surface area contributed by atoms with Gasteiger partial charge in [-0.1, -0.05) is 48.5 Å². The molecule has 0 aromatic heterocycles. The third kappa shape index (κ3) is 4.76. The molecule has 2 unspecified atom stereocenters. The lowest BCUT2D eigenvalue weighted by molar-refractivity contribution is -0.143. The number of hydrogen-bond donors (Lipinski definition) is 3. The standard InChI is InChI=1S/C25H28N2O7/c1-32-12-10-21(22(28)29)26-23(30)25(11-13-33-15-25)27-24(31)34-14-20-18-8-4-2-6-16(18)17-7-3-5-9-19(17)20/h2-9,20-21H,10-15H2,1H3,(H,26,30)(H,27,31)(H,28,29). The van der Waals surface area contributed by atoms with Crippen LogP contribution in [-0.2, 0) is 23.8 Å². The van der Waals surface area contributed by atoms with Crippen LogP contribution in [0.2, 0.25) is 0 Å². The van der Waals surface area contributed by atoms with E-state index >= 15 is 0 Å². The number of carboxylic acid groups (broad SMARTS) is 1. The molecule has 4 rings (SSSR count). The van der Waals surface area contributed by atoms with E-state index in [2.05, 4.69) is 10.6 Å². The molecular weight excluding hydrogens is 440 g/mol. The molecule has 34 heavy (non-hydrogen) atoms. The molecule has 2 aliphatic rings. The van der Waals surface area contributed by atoms with Gasteiger partial charge in [0.2, 0.25) is 5.91 Å². The Morgan fingerprint density at radius 1 is 1.12 bits per heavy atom. The molecule has 2 aromatic carbocycles. The molecule has 1 aliphatic carbocycles. The Balaban J connectivity index is 1.43. The molecule has 1 heterocycles. The summed E-state index contributed by atoms with van der Waals surface area (Å²) < 4.78 is 15.9. The monoisotopic (exact) mass is 468 g/mol. The summed E-state index contributed by atoms with van der Waals surface area (Å²) in [6.07, 6.45) is -0.453. The Hall–Kier alpha value is -3.43. The lowest BCUT2D eigenvalue weighted by Crippen LogP contribution is -2.62. The number of ether oxygens (including phenoxy) is 3. The molecule has 0 spiro atoms. The van der Waals surface area contributed by atoms with Crippen LogP contribution in [0.25, 0.3) is 11.1 Å². The zero-order valence-electron chi connectivity index (χ0n) is 18.9. The SMILES string of the molecule is COCCC(NC(=O)C1(NC(=O)OCC2c3ccccc3-c3ccccc32)CCOC1)C(=O)O. The summed E-state index contributed by atoms with van der Waals surface area (Å²) in [5.74, 6) is -1.92. The zero-order valence-corrected chi connectivity index (χ0v) is 18.9. The van der Waals surface area contributed by atoms with Crippen LogP contribution in [0.3, 0.4) is 0 Å². The highest BCUT2D eigenvalue weighted by molar-refractivity contribution is 5.93. The lowest BCUT2D eigenvalue weighted by atomic mass is 9.96. The van der Waals surface area contributed by atoms with Crippen molar-refractivity contribution < 1.29 is 33.7 Å². The van der Waals surface area contributed by atoms with Crippen molar-refractivity contribution in [1.82, 2.24) is 10.6 Å². The maximum Gasteiger partial charge on any atom is 0.408 e. The molecule has 0 saturated carbocycles. The first kappa shape index (κ1) is 23.7. The van der Waals surface area contributed by atoms with Crippen LogP contribution in [0.1, 0.15) is 29.9 Å². The number of hydrogen-bond acceptors (Lipinski definition) is 6. The maximum absolute atomic E-state index is 13.0. The number of amides is 2. The van der Waals surface area contributed by atoms with Gasteiger partial charge in [-0.2, -0.15) is 0 Å². The van der Waals surface area contributed by atoms with Gasteiger partial charge in [-0.15, -0.1) is 0 Å². The number of fused-ring (bicyclic) bond motifs is 3. The number of carbonyl (C=O) groups is 3. The van der Waals surface area contributed by atoms with E-state index in [4.69, 9.17) is 14.2 Å². The summed E-state index contributed by atoms with van der Waals surface area (Å²) in [5.41, 5.74) is 2.99. The molecule has 180 valence electrons. The molecule has 9 heteroatoms. The first-order chi connectivity index (χ1) is 16.4. The quantitative estimate of drug-likeness (QED) is 0.516. The first-order valence-corrected chi connectivity index (χ1v) is 11.2. The Labute approximate surface area is 197 Å². The fraction of sp³-hybridized carbons (Fsp3) is 0.400. The smallest absolute Gasteiger partial charge is 0.408 e. The van der Waals surface area contributed by atoms with E-state index in [1.165, 1.54) is 7.11 Å². The third-order valence-electron chi connectivity index (χ3n) is 6.36. The van der Waals surface area contributed by atoms with Crippen LogP contribution in [0.4, 0.5) is 4.79 Å². The van der Waals surface area contributed by atoms with E-state index in [-0.39, 0.29) is 45.2 Å². The number of nitrogens with one attached hydrogen (secondary N) is 2. The Morgan fingerprint density at radius 3 is 2.32 bits per heavy atom. The van der Waals surface area contributed by atoms with Crippen molar-refractivity contribution in [3.63, 3.8) is 0 Å². The number of benzene rings is 2. The molecule has 0 radical (unpaired) electrons. The first-order valence-electron chi connectivity index (χ1n) is 11.2. The van der Waals surface area contributed by atoms with Crippen LogP contribution in [0.5, 0.6) is 0 Å². The van der Waals surface area contributed by atoms with Crippen molar-refractivity contribution in [3.05, 3.63) is 59.7 Å². The number of rotatable bonds is 9. The van der Waals surface area contributed by atoms with Gasteiger partial charge < -0.3 is 30.0 Å². The van der Waals surface area contributed by atoms with Gasteiger partial charge in [0, 0.05) is 39.1 Å². The molecule has 0 bridgehead atoms. The summed E-state index contributed by atoms with van der Waals surface area (Å²) in [7, 11) is 1.45. The fourth-order valence-electron chi connectivity index (χ4n) is 4.52. The van der Waals surface area contributed by atoms with Crippen molar-refractivity contribution in [2.24, 2.45) is 0 Å². The Kier molecular flexibility index (Phi) is 7.14. The second-order valence-corrected chi connectivity index (χ2v) is 8.48. The second kappa shape index (κ2) is 10.2. The lowest BCUT2D eigenvalue weighted by Gasteiger charge is -2.29. The fourth-order valence-corrected chi connectivity index (χ4v) is 4.52. The molecule has 1 saturated heterocycles. The molecule has 9 nitrogen and oxygen atoms in total. The number of carbonyl (C=O) groups excluding carboxylic acids is 2. The molecule has 3 N–H and O–H groups in total. The van der Waals surface area contributed by atoms with E-state index < -0.39 is 29.6 Å². The van der Waals surface area contributed by atoms with E-state index in [9.17, 15) is 19.5 Å². The van der Waals surface area contributed by atoms with Crippen molar-refractivity contribution in [2.45, 2.75) is 30.3 Å². The molecule has 1 fully saturated rings. The van der Waals surface area contributed by atoms with Gasteiger partial charge >= 0.3 is 12.1 Å². The molecule has 1 aliphatic heterocycles. The molecule has 2 amide bonds. The van der Waals surface area contributed by atoms with Gasteiger partial charge in [0.1, 0.15) is 18.2 Å². The van der Waals surface area contributed by atoms with Gasteiger partial charge in [-0.05, 0) is 22.3 Å². The van der Waals surface area contributed by atoms with Gasteiger partial charge in [0.15, 0.2) is 0 Å². The minimum atomic E-state index is -1.40. The number of carboxylic acids is 1. The predicted octanol–water partition coefficient (Wildman–Crippen LogP) is 2.29. The van der Waals surface area contributed by atoms with Gasteiger partial charge in [0.25, 0.3) is 0 Å². The summed E-state index contributed by atoms with van der Waals surface area (Å²) in [5, 5.41) is 14.5. The number of alkyl carbamates (subject to hydrolysis) is 1. The van der Waals surface area contributed by atoms with Crippen LogP contribution >= 0.6 is 0 Å². The highest BCUT2D eigenvalue weighted by atomic mass is 16.6. The van der Waals surface area contributed by atoms with Crippen LogP contribution < -0.4 is 10.6 Å². The second-order valence-electron chi connectivity index (χ2n) is 8.48. The van der Waals surface area contributed by atoms with Crippen molar-refractivity contribution >= 4 is 18.0 Å². The Bertz CT molecular complexity index is 1020. The highest BCUT2D eigenvalue weighted by Crippen LogP contribution is 2.44. The van der Waals surface area contributed by atoms with Crippen LogP contribution in [0.15, 0.2) is 48.5 Å². The predicted molar refractivity (Wildman–Crippen MR) is 122 cm³/mol. The van der Waals surface area contributed by atoms with Crippen molar-refractivity contribution in [2.75, 3.05) is 33.5 Å². The largest absolute Gasteiger partial charge is 0.480 e. The topological polar surface area (TPSA) is 123 Å². The molecular formula is C25H28N2O7. The third-order valence-corrected chi connectivity index (χ3v) is 6.36. The maximum atomic E-state index is 13.0. The summed E-state index contributed by atoms with van der Waals surface area (Å²) in [6.45, 7) is 0.455. The zero-order chi connectivity index (χ0) is 24.1. The summed E-state index contributed by atoms with van der Waals surface area (Å²) in [6, 6.07) is 14.9. The highest BCUT2D eigenvalue weighted by Gasteiger charge is 2.45. The van der Waals surface area contributed by atoms with E-state index in [1.807, 2.05) is 48.5 Å². The van der Waals surface area contributed by atoms with Crippen LogP contribution in [0, 0.1) is 0 Å². The van der Waals surface area contributed by atoms with Gasteiger partial charge in [-0.25, -0.2) is 9.59 Å². The Morgan fingerprint density at radius 2 is 1.76 bits per heavy atom. The normalized spacial score (nSPS) is 19.7. The molecule has 2 aromatic rings. The minimum Gasteiger partial charge on any atom is -0.480 e. The summed E-state index contributed by atoms with van der Waals surface area (Å²) in [4.78, 5) is 37.3. The van der Waals surface area contributed by atoms with Gasteiger partial charge in [-0.3, -0.25) is 4.79 Å². The average molecular weight is 469 g/mol. The van der Waals surface area contributed by atoms with E-state index in [0.29, 0.717) is 0 Å². The number of methoxy groups -OCH3 is 1. The van der Waals surface area contributed by atoms with E-state index in [1.54, 1.807) is 0 Å². The van der Waals surface area contributed by atoms with Crippen molar-refractivity contribution in [1.29, 1.82) is 0 Å². The number of aliphatic carboxylic acids is 1. The minimum absolute atomic E-state index is 0.0698. The van der Waals surface area contributed by atoms with E-state index in [0.717, 1.165) is 22.3 Å². The molecule has 2 atom stereocenters. The van der Waals surface area contributed by atoms with Crippen molar-refractivity contribution in [3.8, 4) is 11.1 Å². The summed E-state index contributed by atoms with van der Waals surface area (Å²) >= 11 is 0. The van der Waals surface area contributed by atoms with Crippen LogP contribution in [-0.4, -0.2) is 68.2 Å². The average Bonchev–Trinajstić information content (AvgIpc) is 3.43. The van der Waals surface area contributed by atoms with Gasteiger partial charge in [0.05, 0.1) is 6.61 Å².